The summed E-state index contributed by atoms with van der Waals surface area (Å²) >= 11 is 0. The Kier molecular flexibility index (Phi) is 4.32. The summed E-state index contributed by atoms with van der Waals surface area (Å²) in [7, 11) is 0. The van der Waals surface area contributed by atoms with Gasteiger partial charge in [-0.25, -0.2) is 9.37 Å². The molecule has 0 N–H and O–H groups in total. The van der Waals surface area contributed by atoms with E-state index in [0.29, 0.717) is 12.4 Å². The minimum atomic E-state index is -0.226. The highest BCUT2D eigenvalue weighted by Gasteiger charge is 2.12. The lowest BCUT2D eigenvalue weighted by Crippen LogP contribution is -2.33. The van der Waals surface area contributed by atoms with Gasteiger partial charge in [0.2, 0.25) is 5.89 Å². The van der Waals surface area contributed by atoms with E-state index in [0.717, 1.165) is 22.5 Å². The fourth-order valence-electron chi connectivity index (χ4n) is 2.81. The van der Waals surface area contributed by atoms with Gasteiger partial charge in [0.05, 0.1) is 6.20 Å². The lowest BCUT2D eigenvalue weighted by molar-refractivity contribution is -0.687. The molecule has 2 heterocycles. The molecule has 0 bridgehead atoms. The molecule has 0 spiro atoms. The molecule has 0 aliphatic carbocycles. The van der Waals surface area contributed by atoms with Gasteiger partial charge in [-0.2, -0.15) is 4.57 Å². The van der Waals surface area contributed by atoms with Gasteiger partial charge in [-0.05, 0) is 37.3 Å². The number of rotatable bonds is 4. The van der Waals surface area contributed by atoms with Crippen LogP contribution in [-0.4, -0.2) is 4.98 Å². The van der Waals surface area contributed by atoms with E-state index < -0.39 is 0 Å². The molecule has 0 saturated carbocycles. The summed E-state index contributed by atoms with van der Waals surface area (Å²) in [5, 5.41) is 0. The monoisotopic (exact) mass is 345 g/mol. The van der Waals surface area contributed by atoms with E-state index in [1.165, 1.54) is 17.7 Å². The summed E-state index contributed by atoms with van der Waals surface area (Å²) in [5.74, 6) is 1.10. The normalized spacial score (nSPS) is 10.8. The molecule has 4 heteroatoms. The molecule has 2 aromatic heterocycles. The van der Waals surface area contributed by atoms with Crippen LogP contribution in [0.25, 0.3) is 22.8 Å². The van der Waals surface area contributed by atoms with Gasteiger partial charge in [0.25, 0.3) is 0 Å². The topological polar surface area (TPSA) is 29.9 Å². The highest BCUT2D eigenvalue weighted by Crippen LogP contribution is 2.25. The minimum Gasteiger partial charge on any atom is -0.436 e. The van der Waals surface area contributed by atoms with Crippen molar-refractivity contribution in [3.05, 3.63) is 96.2 Å². The zero-order chi connectivity index (χ0) is 17.9. The van der Waals surface area contributed by atoms with Crippen molar-refractivity contribution in [3.8, 4) is 22.8 Å². The van der Waals surface area contributed by atoms with Crippen molar-refractivity contribution in [2.45, 2.75) is 13.5 Å². The Morgan fingerprint density at radius 3 is 2.50 bits per heavy atom. The molecule has 0 radical (unpaired) electrons. The molecule has 4 rings (SSSR count). The average Bonchev–Trinajstić information content (AvgIpc) is 3.15. The number of nitrogens with zero attached hydrogens (tertiary/aromatic N) is 2. The predicted molar refractivity (Wildman–Crippen MR) is 97.8 cm³/mol. The van der Waals surface area contributed by atoms with Gasteiger partial charge in [-0.1, -0.05) is 29.8 Å². The van der Waals surface area contributed by atoms with Crippen LogP contribution in [0.1, 0.15) is 11.1 Å². The molecule has 4 aromatic rings. The maximum atomic E-state index is 13.0. The van der Waals surface area contributed by atoms with Crippen LogP contribution in [0.4, 0.5) is 4.39 Å². The fraction of sp³-hybridized carbons (Fsp3) is 0.0909. The molecule has 0 aliphatic rings. The smallest absolute Gasteiger partial charge is 0.232 e. The van der Waals surface area contributed by atoms with Crippen molar-refractivity contribution < 1.29 is 13.4 Å². The maximum absolute atomic E-state index is 13.0. The number of aryl methyl sites for hydroxylation is 1. The van der Waals surface area contributed by atoms with E-state index in [-0.39, 0.29) is 5.82 Å². The highest BCUT2D eigenvalue weighted by atomic mass is 19.1. The summed E-state index contributed by atoms with van der Waals surface area (Å²) in [6, 6.07) is 18.6. The molecule has 0 saturated heterocycles. The fourth-order valence-corrected chi connectivity index (χ4v) is 2.81. The lowest BCUT2D eigenvalue weighted by atomic mass is 10.1. The van der Waals surface area contributed by atoms with Gasteiger partial charge in [0, 0.05) is 17.2 Å². The molecule has 0 atom stereocenters. The van der Waals surface area contributed by atoms with Gasteiger partial charge < -0.3 is 4.42 Å². The number of aromatic nitrogens is 2. The SMILES string of the molecule is Cc1ccc(-c2cnc(-c3ccc[n+](Cc4ccc(F)cc4)c3)o2)cc1. The second kappa shape index (κ2) is 6.92. The van der Waals surface area contributed by atoms with Crippen molar-refractivity contribution in [2.24, 2.45) is 0 Å². The van der Waals surface area contributed by atoms with Crippen molar-refractivity contribution in [1.82, 2.24) is 4.98 Å². The van der Waals surface area contributed by atoms with Crippen molar-refractivity contribution in [2.75, 3.05) is 0 Å². The number of oxazole rings is 1. The Morgan fingerprint density at radius 1 is 0.962 bits per heavy atom. The number of benzene rings is 2. The van der Waals surface area contributed by atoms with Gasteiger partial charge in [-0.3, -0.25) is 0 Å². The largest absolute Gasteiger partial charge is 0.436 e. The molecule has 3 nitrogen and oxygen atoms in total. The first kappa shape index (κ1) is 16.2. The van der Waals surface area contributed by atoms with E-state index in [4.69, 9.17) is 4.42 Å². The van der Waals surface area contributed by atoms with E-state index in [1.807, 2.05) is 41.2 Å². The molecule has 0 unspecified atom stereocenters. The molecule has 128 valence electrons. The lowest BCUT2D eigenvalue weighted by Gasteiger charge is -2.00. The Morgan fingerprint density at radius 2 is 1.73 bits per heavy atom. The van der Waals surface area contributed by atoms with E-state index in [2.05, 4.69) is 24.0 Å². The van der Waals surface area contributed by atoms with Gasteiger partial charge in [-0.15, -0.1) is 0 Å². The second-order valence-corrected chi connectivity index (χ2v) is 6.29. The third-order valence-corrected chi connectivity index (χ3v) is 4.23. The number of pyridine rings is 1. The van der Waals surface area contributed by atoms with Crippen LogP contribution >= 0.6 is 0 Å². The Bertz CT molecular complexity index is 1020. The first-order valence-electron chi connectivity index (χ1n) is 8.44. The van der Waals surface area contributed by atoms with Crippen LogP contribution in [0.5, 0.6) is 0 Å². The first-order chi connectivity index (χ1) is 12.7. The Hall–Kier alpha value is -3.27. The Labute approximate surface area is 151 Å². The second-order valence-electron chi connectivity index (χ2n) is 6.29. The molecule has 0 amide bonds. The predicted octanol–water partition coefficient (Wildman–Crippen LogP) is 4.79. The van der Waals surface area contributed by atoms with Crippen molar-refractivity contribution in [1.29, 1.82) is 0 Å². The van der Waals surface area contributed by atoms with E-state index >= 15 is 0 Å². The third-order valence-electron chi connectivity index (χ3n) is 4.23. The molecular weight excluding hydrogens is 327 g/mol. The maximum Gasteiger partial charge on any atom is 0.232 e. The van der Waals surface area contributed by atoms with Crippen molar-refractivity contribution >= 4 is 0 Å². The molecular formula is C22H18FN2O+. The molecule has 0 aliphatic heterocycles. The van der Waals surface area contributed by atoms with Crippen molar-refractivity contribution in [3.63, 3.8) is 0 Å². The summed E-state index contributed by atoms with van der Waals surface area (Å²) < 4.78 is 21.0. The summed E-state index contributed by atoms with van der Waals surface area (Å²) in [4.78, 5) is 4.42. The van der Waals surface area contributed by atoms with Gasteiger partial charge >= 0.3 is 0 Å². The van der Waals surface area contributed by atoms with E-state index in [1.54, 1.807) is 18.3 Å². The van der Waals surface area contributed by atoms with Crippen LogP contribution < -0.4 is 4.57 Å². The molecule has 0 fully saturated rings. The standard InChI is InChI=1S/C22H18FN2O/c1-16-4-8-18(9-5-16)21-13-24-22(26-21)19-3-2-12-25(15-19)14-17-6-10-20(23)11-7-17/h2-13,15H,14H2,1H3/q+1. The third kappa shape index (κ3) is 3.54. The highest BCUT2D eigenvalue weighted by molar-refractivity contribution is 5.60. The summed E-state index contributed by atoms with van der Waals surface area (Å²) in [6.45, 7) is 2.71. The van der Waals surface area contributed by atoms with Crippen LogP contribution in [0.2, 0.25) is 0 Å². The summed E-state index contributed by atoms with van der Waals surface area (Å²) in [6.07, 6.45) is 5.70. The number of halogens is 1. The van der Waals surface area contributed by atoms with Gasteiger partial charge in [0.1, 0.15) is 11.4 Å². The van der Waals surface area contributed by atoms with Crippen LogP contribution in [0.15, 0.2) is 83.7 Å². The zero-order valence-electron chi connectivity index (χ0n) is 14.4. The quantitative estimate of drug-likeness (QED) is 0.498. The Balaban J connectivity index is 1.58. The van der Waals surface area contributed by atoms with Crippen LogP contribution in [0.3, 0.4) is 0 Å². The van der Waals surface area contributed by atoms with Crippen LogP contribution in [-0.2, 0) is 6.54 Å². The van der Waals surface area contributed by atoms with E-state index in [9.17, 15) is 4.39 Å². The zero-order valence-corrected chi connectivity index (χ0v) is 14.4. The number of hydrogen-bond acceptors (Lipinski definition) is 2. The molecule has 26 heavy (non-hydrogen) atoms. The first-order valence-corrected chi connectivity index (χ1v) is 8.44. The number of hydrogen-bond donors (Lipinski definition) is 0. The summed E-state index contributed by atoms with van der Waals surface area (Å²) in [5.41, 5.74) is 4.14. The minimum absolute atomic E-state index is 0.226. The average molecular weight is 345 g/mol. The van der Waals surface area contributed by atoms with Gasteiger partial charge in [0.15, 0.2) is 24.7 Å². The molecule has 2 aromatic carbocycles. The van der Waals surface area contributed by atoms with Crippen LogP contribution in [0, 0.1) is 12.7 Å².